The van der Waals surface area contributed by atoms with Gasteiger partial charge in [0.1, 0.15) is 5.82 Å². The van der Waals surface area contributed by atoms with Crippen LogP contribution >= 0.6 is 11.6 Å². The molecule has 2 N–H and O–H groups in total. The molecular formula is C14H12ClN3O. The largest absolute Gasteiger partial charge is 0.345 e. The van der Waals surface area contributed by atoms with E-state index in [1.165, 1.54) is 0 Å². The molecular weight excluding hydrogens is 262 g/mol. The van der Waals surface area contributed by atoms with Gasteiger partial charge in [-0.25, -0.2) is 4.98 Å². The third-order valence-corrected chi connectivity index (χ3v) is 3.24. The van der Waals surface area contributed by atoms with Gasteiger partial charge in [0.05, 0.1) is 5.57 Å². The average Bonchev–Trinajstić information content (AvgIpc) is 3.00. The van der Waals surface area contributed by atoms with Crippen LogP contribution in [0.1, 0.15) is 17.0 Å². The van der Waals surface area contributed by atoms with Crippen molar-refractivity contribution in [1.82, 2.24) is 9.97 Å². The van der Waals surface area contributed by atoms with Crippen LogP contribution in [0.5, 0.6) is 0 Å². The number of fused-ring (bicyclic) bond motifs is 1. The van der Waals surface area contributed by atoms with Gasteiger partial charge in [-0.15, -0.1) is 11.6 Å². The zero-order valence-electron chi connectivity index (χ0n) is 10.1. The van der Waals surface area contributed by atoms with Crippen LogP contribution < -0.4 is 5.32 Å². The van der Waals surface area contributed by atoms with Crippen molar-refractivity contribution in [3.05, 3.63) is 47.5 Å². The van der Waals surface area contributed by atoms with Gasteiger partial charge in [0.25, 0.3) is 5.91 Å². The van der Waals surface area contributed by atoms with Gasteiger partial charge in [-0.1, -0.05) is 6.07 Å². The molecule has 0 saturated heterocycles. The molecule has 0 fully saturated rings. The number of anilines is 1. The van der Waals surface area contributed by atoms with Crippen molar-refractivity contribution in [3.8, 4) is 0 Å². The van der Waals surface area contributed by atoms with Crippen molar-refractivity contribution in [2.45, 2.75) is 6.42 Å². The van der Waals surface area contributed by atoms with Crippen LogP contribution in [0.25, 0.3) is 11.6 Å². The molecule has 4 nitrogen and oxygen atoms in total. The second kappa shape index (κ2) is 4.90. The van der Waals surface area contributed by atoms with Gasteiger partial charge in [-0.05, 0) is 30.2 Å². The molecule has 0 radical (unpaired) electrons. The lowest BCUT2D eigenvalue weighted by atomic mass is 10.0. The molecule has 2 heterocycles. The molecule has 2 aromatic rings. The maximum Gasteiger partial charge on any atom is 0.256 e. The van der Waals surface area contributed by atoms with E-state index in [1.807, 2.05) is 18.2 Å². The number of hydrogen-bond acceptors (Lipinski definition) is 2. The highest BCUT2D eigenvalue weighted by molar-refractivity contribution is 6.34. The summed E-state index contributed by atoms with van der Waals surface area (Å²) in [5, 5.41) is 2.85. The SMILES string of the molecule is O=C1Nc2ccc(CCCl)cc2C1=Cc1ncc[nH]1. The molecule has 0 bridgehead atoms. The highest BCUT2D eigenvalue weighted by atomic mass is 35.5. The first-order chi connectivity index (χ1) is 9.28. The Morgan fingerprint density at radius 2 is 2.26 bits per heavy atom. The average molecular weight is 274 g/mol. The molecule has 0 unspecified atom stereocenters. The number of aromatic nitrogens is 2. The van der Waals surface area contributed by atoms with Gasteiger partial charge >= 0.3 is 0 Å². The number of amides is 1. The van der Waals surface area contributed by atoms with E-state index in [0.29, 0.717) is 17.3 Å². The van der Waals surface area contributed by atoms with Gasteiger partial charge in [-0.2, -0.15) is 0 Å². The molecule has 1 aliphatic rings. The van der Waals surface area contributed by atoms with Crippen molar-refractivity contribution in [2.75, 3.05) is 11.2 Å². The molecule has 1 amide bonds. The Kier molecular flexibility index (Phi) is 3.09. The normalized spacial score (nSPS) is 15.6. The molecule has 19 heavy (non-hydrogen) atoms. The first-order valence-corrected chi connectivity index (χ1v) is 6.53. The highest BCUT2D eigenvalue weighted by Gasteiger charge is 2.24. The van der Waals surface area contributed by atoms with Crippen LogP contribution in [-0.2, 0) is 11.2 Å². The number of aryl methyl sites for hydroxylation is 1. The maximum atomic E-state index is 12.0. The van der Waals surface area contributed by atoms with Gasteiger partial charge in [0.2, 0.25) is 0 Å². The third kappa shape index (κ3) is 2.27. The second-order valence-electron chi connectivity index (χ2n) is 4.31. The van der Waals surface area contributed by atoms with Crippen molar-refractivity contribution >= 4 is 34.8 Å². The number of aromatic amines is 1. The van der Waals surface area contributed by atoms with Crippen LogP contribution in [-0.4, -0.2) is 21.8 Å². The van der Waals surface area contributed by atoms with E-state index in [9.17, 15) is 4.79 Å². The number of rotatable bonds is 3. The molecule has 0 saturated carbocycles. The van der Waals surface area contributed by atoms with E-state index in [0.717, 1.165) is 23.2 Å². The molecule has 5 heteroatoms. The van der Waals surface area contributed by atoms with E-state index < -0.39 is 0 Å². The minimum absolute atomic E-state index is 0.102. The minimum atomic E-state index is -0.102. The van der Waals surface area contributed by atoms with Crippen LogP contribution in [0.15, 0.2) is 30.6 Å². The van der Waals surface area contributed by atoms with E-state index in [2.05, 4.69) is 15.3 Å². The zero-order chi connectivity index (χ0) is 13.2. The molecule has 0 aliphatic carbocycles. The summed E-state index contributed by atoms with van der Waals surface area (Å²) < 4.78 is 0. The lowest BCUT2D eigenvalue weighted by Crippen LogP contribution is -2.03. The van der Waals surface area contributed by atoms with Crippen molar-refractivity contribution in [3.63, 3.8) is 0 Å². The van der Waals surface area contributed by atoms with E-state index in [4.69, 9.17) is 11.6 Å². The Hall–Kier alpha value is -2.07. The Morgan fingerprint density at radius 1 is 1.37 bits per heavy atom. The number of alkyl halides is 1. The molecule has 1 aromatic carbocycles. The number of imidazole rings is 1. The molecule has 1 aromatic heterocycles. The lowest BCUT2D eigenvalue weighted by molar-refractivity contribution is -0.110. The van der Waals surface area contributed by atoms with Crippen molar-refractivity contribution in [2.24, 2.45) is 0 Å². The third-order valence-electron chi connectivity index (χ3n) is 3.05. The zero-order valence-corrected chi connectivity index (χ0v) is 10.9. The summed E-state index contributed by atoms with van der Waals surface area (Å²) in [4.78, 5) is 19.1. The van der Waals surface area contributed by atoms with Crippen LogP contribution in [0.4, 0.5) is 5.69 Å². The summed E-state index contributed by atoms with van der Waals surface area (Å²) >= 11 is 5.75. The predicted octanol–water partition coefficient (Wildman–Crippen LogP) is 2.68. The number of H-pyrrole nitrogens is 1. The number of benzene rings is 1. The summed E-state index contributed by atoms with van der Waals surface area (Å²) in [6.07, 6.45) is 5.93. The topological polar surface area (TPSA) is 57.8 Å². The van der Waals surface area contributed by atoms with E-state index >= 15 is 0 Å². The lowest BCUT2D eigenvalue weighted by Gasteiger charge is -2.02. The number of nitrogens with zero attached hydrogens (tertiary/aromatic N) is 1. The van der Waals surface area contributed by atoms with Crippen molar-refractivity contribution in [1.29, 1.82) is 0 Å². The number of carbonyl (C=O) groups is 1. The molecule has 3 rings (SSSR count). The van der Waals surface area contributed by atoms with Gasteiger partial charge in [0.15, 0.2) is 0 Å². The molecule has 0 spiro atoms. The first-order valence-electron chi connectivity index (χ1n) is 5.99. The van der Waals surface area contributed by atoms with E-state index in [-0.39, 0.29) is 5.91 Å². The number of hydrogen-bond donors (Lipinski definition) is 2. The number of nitrogens with one attached hydrogen (secondary N) is 2. The maximum absolute atomic E-state index is 12.0. The molecule has 1 aliphatic heterocycles. The Labute approximate surface area is 115 Å². The summed E-state index contributed by atoms with van der Waals surface area (Å²) in [5.74, 6) is 1.13. The summed E-state index contributed by atoms with van der Waals surface area (Å²) in [6, 6.07) is 5.90. The Balaban J connectivity index is 2.05. The summed E-state index contributed by atoms with van der Waals surface area (Å²) in [7, 11) is 0. The standard InChI is InChI=1S/C14H12ClN3O/c15-4-3-9-1-2-12-10(7-9)11(14(19)18-12)8-13-16-5-6-17-13/h1-2,5-8H,3-4H2,(H,16,17)(H,18,19). The monoisotopic (exact) mass is 273 g/mol. The summed E-state index contributed by atoms with van der Waals surface area (Å²) in [6.45, 7) is 0. The van der Waals surface area contributed by atoms with E-state index in [1.54, 1.807) is 18.5 Å². The number of halogens is 1. The smallest absolute Gasteiger partial charge is 0.256 e. The predicted molar refractivity (Wildman–Crippen MR) is 76.0 cm³/mol. The van der Waals surface area contributed by atoms with Gasteiger partial charge < -0.3 is 10.3 Å². The fourth-order valence-electron chi connectivity index (χ4n) is 2.14. The first kappa shape index (κ1) is 12.0. The van der Waals surface area contributed by atoms with Gasteiger partial charge in [-0.3, -0.25) is 4.79 Å². The number of carbonyl (C=O) groups excluding carboxylic acids is 1. The second-order valence-corrected chi connectivity index (χ2v) is 4.68. The summed E-state index contributed by atoms with van der Waals surface area (Å²) in [5.41, 5.74) is 3.49. The van der Waals surface area contributed by atoms with Crippen LogP contribution in [0.2, 0.25) is 0 Å². The van der Waals surface area contributed by atoms with Crippen LogP contribution in [0.3, 0.4) is 0 Å². The highest BCUT2D eigenvalue weighted by Crippen LogP contribution is 2.33. The van der Waals surface area contributed by atoms with Crippen molar-refractivity contribution < 1.29 is 4.79 Å². The molecule has 0 atom stereocenters. The fraction of sp³-hybridized carbons (Fsp3) is 0.143. The fourth-order valence-corrected chi connectivity index (χ4v) is 2.35. The minimum Gasteiger partial charge on any atom is -0.345 e. The quantitative estimate of drug-likeness (QED) is 0.667. The molecule has 96 valence electrons. The Bertz CT molecular complexity index is 647. The Morgan fingerprint density at radius 3 is 3.00 bits per heavy atom. The van der Waals surface area contributed by atoms with Crippen LogP contribution in [0, 0.1) is 0 Å². The van der Waals surface area contributed by atoms with Gasteiger partial charge in [0, 0.05) is 29.5 Å².